The molecule has 5 N–H and O–H groups in total. The van der Waals surface area contributed by atoms with Crippen LogP contribution in [0.2, 0.25) is 6.32 Å². The van der Waals surface area contributed by atoms with Crippen molar-refractivity contribution < 1.29 is 43.8 Å². The van der Waals surface area contributed by atoms with Crippen molar-refractivity contribution in [3.8, 4) is 0 Å². The van der Waals surface area contributed by atoms with Gasteiger partial charge < -0.3 is 34.8 Å². The van der Waals surface area contributed by atoms with Crippen LogP contribution in [0.1, 0.15) is 71.8 Å². The number of hydrogen-bond acceptors (Lipinski definition) is 8. The summed E-state index contributed by atoms with van der Waals surface area (Å²) in [6, 6.07) is 8.28. The van der Waals surface area contributed by atoms with Crippen molar-refractivity contribution in [1.29, 1.82) is 0 Å². The summed E-state index contributed by atoms with van der Waals surface area (Å²) in [7, 11) is -1.53. The van der Waals surface area contributed by atoms with Crippen LogP contribution in [0.3, 0.4) is 0 Å². The van der Waals surface area contributed by atoms with Gasteiger partial charge in [0.1, 0.15) is 18.2 Å². The summed E-state index contributed by atoms with van der Waals surface area (Å²) in [5.74, 6) is -1.75. The van der Waals surface area contributed by atoms with E-state index < -0.39 is 48.2 Å². The lowest BCUT2D eigenvalue weighted by molar-refractivity contribution is -0.156. The predicted molar refractivity (Wildman–Crippen MR) is 161 cm³/mol. The van der Waals surface area contributed by atoms with Crippen LogP contribution in [0.4, 0.5) is 9.59 Å². The van der Waals surface area contributed by atoms with Gasteiger partial charge in [-0.25, -0.2) is 9.59 Å². The molecule has 0 radical (unpaired) electrons. The Morgan fingerprint density at radius 2 is 1.81 bits per heavy atom. The summed E-state index contributed by atoms with van der Waals surface area (Å²) in [5.41, 5.74) is -0.720. The van der Waals surface area contributed by atoms with E-state index in [2.05, 4.69) is 17.2 Å². The van der Waals surface area contributed by atoms with Gasteiger partial charge >= 0.3 is 25.3 Å². The molecular weight excluding hydrogens is 557 g/mol. The third-order valence-corrected chi connectivity index (χ3v) is 7.12. The van der Waals surface area contributed by atoms with Gasteiger partial charge in [-0.15, -0.1) is 0 Å². The Kier molecular flexibility index (Phi) is 13.5. The fourth-order valence-electron chi connectivity index (χ4n) is 5.05. The minimum absolute atomic E-state index is 0.0440. The highest BCUT2D eigenvalue weighted by Crippen LogP contribution is 2.36. The van der Waals surface area contributed by atoms with E-state index in [1.54, 1.807) is 27.7 Å². The Bertz CT molecular complexity index is 1110. The second kappa shape index (κ2) is 16.3. The standard InChI is InChI=1S/C30H46BN3O9/c1-21(32-27(38)42-19-22-12-7-6-8-13-22)11-9-10-14-24(33-28(39)43-29(2,3)4)25(35)34-18-23(15-16-31(40)41)17-30(5,20-34)26(36)37/h6-8,12-13,23-24,40-41H,1,9-11,14-20H2,2-5H3,(H,32,38)(H,33,39)(H,36,37)/t23-,24-,30-/m0/s1. The molecule has 0 unspecified atom stereocenters. The van der Waals surface area contributed by atoms with E-state index in [0.29, 0.717) is 31.4 Å². The molecule has 238 valence electrons. The summed E-state index contributed by atoms with van der Waals surface area (Å²) in [4.78, 5) is 52.0. The smallest absolute Gasteiger partial charge is 0.451 e. The molecule has 0 aliphatic carbocycles. The number of allylic oxidation sites excluding steroid dienone is 1. The molecule has 0 aromatic heterocycles. The Labute approximate surface area is 254 Å². The number of carboxylic acid groups (broad SMARTS) is 1. The SMILES string of the molecule is C=C(CCCC[C@H](NC(=O)OC(C)(C)C)C(=O)N1C[C@@H](CCB(O)O)C[C@](C)(C(=O)O)C1)NC(=O)OCc1ccccc1. The van der Waals surface area contributed by atoms with Gasteiger partial charge in [-0.2, -0.15) is 0 Å². The minimum atomic E-state index is -1.53. The van der Waals surface area contributed by atoms with Crippen LogP contribution in [0.25, 0.3) is 0 Å². The number of benzene rings is 1. The fraction of sp³-hybridized carbons (Fsp3) is 0.600. The number of nitrogens with zero attached hydrogens (tertiary/aromatic N) is 1. The van der Waals surface area contributed by atoms with Gasteiger partial charge in [-0.3, -0.25) is 14.9 Å². The highest BCUT2D eigenvalue weighted by Gasteiger charge is 2.44. The van der Waals surface area contributed by atoms with Gasteiger partial charge in [0.05, 0.1) is 5.41 Å². The van der Waals surface area contributed by atoms with Crippen molar-refractivity contribution in [3.05, 3.63) is 48.2 Å². The van der Waals surface area contributed by atoms with Crippen LogP contribution >= 0.6 is 0 Å². The number of hydrogen-bond donors (Lipinski definition) is 5. The maximum absolute atomic E-state index is 13.7. The molecule has 1 aromatic carbocycles. The summed E-state index contributed by atoms with van der Waals surface area (Å²) < 4.78 is 10.6. The first-order chi connectivity index (χ1) is 20.1. The quantitative estimate of drug-likeness (QED) is 0.157. The highest BCUT2D eigenvalue weighted by atomic mass is 16.6. The second-order valence-electron chi connectivity index (χ2n) is 12.4. The van der Waals surface area contributed by atoms with Crippen molar-refractivity contribution in [1.82, 2.24) is 15.5 Å². The monoisotopic (exact) mass is 603 g/mol. The van der Waals surface area contributed by atoms with Crippen LogP contribution in [0, 0.1) is 11.3 Å². The Morgan fingerprint density at radius 1 is 1.14 bits per heavy atom. The van der Waals surface area contributed by atoms with Crippen molar-refractivity contribution in [2.75, 3.05) is 13.1 Å². The van der Waals surface area contributed by atoms with Crippen LogP contribution in [0.15, 0.2) is 42.6 Å². The first kappa shape index (κ1) is 35.6. The number of unbranched alkanes of at least 4 members (excludes halogenated alkanes) is 1. The van der Waals surface area contributed by atoms with Crippen molar-refractivity contribution >= 4 is 31.2 Å². The zero-order chi connectivity index (χ0) is 32.2. The molecule has 1 aromatic rings. The first-order valence-electron chi connectivity index (χ1n) is 14.6. The molecule has 13 heteroatoms. The molecule has 1 aliphatic rings. The van der Waals surface area contributed by atoms with Gasteiger partial charge in [-0.05, 0) is 71.2 Å². The maximum Gasteiger partial charge on any atom is 0.451 e. The lowest BCUT2D eigenvalue weighted by atomic mass is 9.72. The van der Waals surface area contributed by atoms with E-state index in [1.165, 1.54) is 4.90 Å². The number of piperidine rings is 1. The molecule has 1 aliphatic heterocycles. The minimum Gasteiger partial charge on any atom is -0.481 e. The summed E-state index contributed by atoms with van der Waals surface area (Å²) >= 11 is 0. The van der Waals surface area contributed by atoms with E-state index in [4.69, 9.17) is 9.47 Å². The van der Waals surface area contributed by atoms with Gasteiger partial charge in [0, 0.05) is 18.8 Å². The van der Waals surface area contributed by atoms with Crippen LogP contribution in [0.5, 0.6) is 0 Å². The second-order valence-corrected chi connectivity index (χ2v) is 12.4. The number of nitrogens with one attached hydrogen (secondary N) is 2. The Morgan fingerprint density at radius 3 is 2.42 bits per heavy atom. The number of aliphatic carboxylic acids is 1. The number of carboxylic acids is 1. The number of carbonyl (C=O) groups is 4. The van der Waals surface area contributed by atoms with Crippen LogP contribution in [-0.2, 0) is 25.7 Å². The van der Waals surface area contributed by atoms with E-state index in [9.17, 15) is 34.3 Å². The highest BCUT2D eigenvalue weighted by molar-refractivity contribution is 6.40. The third-order valence-electron chi connectivity index (χ3n) is 7.12. The third kappa shape index (κ3) is 13.1. The fourth-order valence-corrected chi connectivity index (χ4v) is 5.05. The Balaban J connectivity index is 2.00. The molecule has 12 nitrogen and oxygen atoms in total. The molecule has 3 atom stereocenters. The van der Waals surface area contributed by atoms with Gasteiger partial charge in [-0.1, -0.05) is 49.8 Å². The first-order valence-corrected chi connectivity index (χ1v) is 14.6. The molecule has 3 amide bonds. The average molecular weight is 604 g/mol. The lowest BCUT2D eigenvalue weighted by Crippen LogP contribution is -2.57. The molecule has 2 rings (SSSR count). The summed E-state index contributed by atoms with van der Waals surface area (Å²) in [6.07, 6.45) is 0.963. The van der Waals surface area contributed by atoms with Crippen molar-refractivity contribution in [2.45, 2.75) is 90.8 Å². The molecule has 43 heavy (non-hydrogen) atoms. The van der Waals surface area contributed by atoms with Gasteiger partial charge in [0.25, 0.3) is 0 Å². The molecule has 1 heterocycles. The molecule has 0 saturated carbocycles. The number of alkyl carbamates (subject to hydrolysis) is 2. The number of ether oxygens (including phenoxy) is 2. The largest absolute Gasteiger partial charge is 0.481 e. The van der Waals surface area contributed by atoms with E-state index in [1.807, 2.05) is 30.3 Å². The molecule has 0 bridgehead atoms. The topological polar surface area (TPSA) is 175 Å². The normalized spacial score (nSPS) is 19.1. The lowest BCUT2D eigenvalue weighted by Gasteiger charge is -2.43. The zero-order valence-corrected chi connectivity index (χ0v) is 25.6. The van der Waals surface area contributed by atoms with E-state index >= 15 is 0 Å². The van der Waals surface area contributed by atoms with Crippen LogP contribution < -0.4 is 10.6 Å². The zero-order valence-electron chi connectivity index (χ0n) is 25.6. The van der Waals surface area contributed by atoms with Crippen molar-refractivity contribution in [2.24, 2.45) is 11.3 Å². The summed E-state index contributed by atoms with van der Waals surface area (Å²) in [5, 5.41) is 33.8. The van der Waals surface area contributed by atoms with Crippen molar-refractivity contribution in [3.63, 3.8) is 0 Å². The van der Waals surface area contributed by atoms with Gasteiger partial charge in [0.15, 0.2) is 0 Å². The number of rotatable bonds is 14. The maximum atomic E-state index is 13.7. The van der Waals surface area contributed by atoms with E-state index in [0.717, 1.165) is 5.56 Å². The van der Waals surface area contributed by atoms with Crippen LogP contribution in [-0.4, -0.2) is 76.0 Å². The van der Waals surface area contributed by atoms with Gasteiger partial charge in [0.2, 0.25) is 5.91 Å². The average Bonchev–Trinajstić information content (AvgIpc) is 2.91. The Hall–Kier alpha value is -3.58. The number of amides is 3. The molecule has 0 spiro atoms. The molecule has 1 saturated heterocycles. The summed E-state index contributed by atoms with van der Waals surface area (Å²) in [6.45, 7) is 10.9. The molecule has 1 fully saturated rings. The van der Waals surface area contributed by atoms with E-state index in [-0.39, 0.29) is 44.8 Å². The number of likely N-dealkylation sites (tertiary alicyclic amines) is 1. The number of carbonyl (C=O) groups excluding carboxylic acids is 3. The predicted octanol–water partition coefficient (Wildman–Crippen LogP) is 3.68. The molecular formula is C30H46BN3O9.